The largest absolute Gasteiger partial charge is 0.345 e. The second kappa shape index (κ2) is 4.05. The number of hydrogen-bond acceptors (Lipinski definition) is 4. The number of pyridine rings is 1. The first-order valence-corrected chi connectivity index (χ1v) is 6.57. The molecule has 5 heteroatoms. The van der Waals surface area contributed by atoms with Crippen molar-refractivity contribution in [3.8, 4) is 6.07 Å². The van der Waals surface area contributed by atoms with Crippen LogP contribution in [-0.4, -0.2) is 21.2 Å². The highest BCUT2D eigenvalue weighted by Gasteiger charge is 2.49. The minimum Gasteiger partial charge on any atom is -0.345 e. The number of aromatic nitrogens is 2. The molecule has 3 rings (SSSR count). The molecule has 0 unspecified atom stereocenters. The maximum Gasteiger partial charge on any atom is 0.186 e. The molecule has 2 aromatic rings. The summed E-state index contributed by atoms with van der Waals surface area (Å²) in [6.45, 7) is 8.04. The van der Waals surface area contributed by atoms with Crippen molar-refractivity contribution in [2.45, 2.75) is 45.2 Å². The third-order valence-corrected chi connectivity index (χ3v) is 4.20. The van der Waals surface area contributed by atoms with Gasteiger partial charge in [0.25, 0.3) is 0 Å². The molecule has 1 N–H and O–H groups in total. The summed E-state index contributed by atoms with van der Waals surface area (Å²) in [7, 11) is 0. The number of nitrogens with zero attached hydrogens (tertiary/aromatic N) is 2. The lowest BCUT2D eigenvalue weighted by atomic mass is 9.90. The van der Waals surface area contributed by atoms with E-state index in [2.05, 4.69) is 16.0 Å². The third-order valence-electron chi connectivity index (χ3n) is 4.20. The maximum absolute atomic E-state index is 9.09. The number of ether oxygens (including phenoxy) is 2. The standard InChI is InChI=1S/C15H17N3O2/c1-14(2)15(3,4)20-13(19-14)9-5-11-10(6-16)8-18-12(11)17-7-9/h5,7-8,13H,1-4H3,(H,17,18). The van der Waals surface area contributed by atoms with Crippen LogP contribution < -0.4 is 0 Å². The van der Waals surface area contributed by atoms with E-state index >= 15 is 0 Å². The van der Waals surface area contributed by atoms with E-state index in [9.17, 15) is 0 Å². The van der Waals surface area contributed by atoms with Gasteiger partial charge in [0.15, 0.2) is 6.29 Å². The average molecular weight is 271 g/mol. The zero-order valence-corrected chi connectivity index (χ0v) is 12.0. The fourth-order valence-electron chi connectivity index (χ4n) is 2.22. The van der Waals surface area contributed by atoms with Gasteiger partial charge in [0.2, 0.25) is 0 Å². The molecule has 5 nitrogen and oxygen atoms in total. The Bertz CT molecular complexity index is 693. The van der Waals surface area contributed by atoms with Gasteiger partial charge < -0.3 is 14.5 Å². The molecule has 0 aliphatic carbocycles. The molecule has 0 atom stereocenters. The molecule has 0 saturated carbocycles. The van der Waals surface area contributed by atoms with E-state index in [4.69, 9.17) is 14.7 Å². The Balaban J connectivity index is 2.02. The van der Waals surface area contributed by atoms with Gasteiger partial charge in [-0.25, -0.2) is 4.98 Å². The van der Waals surface area contributed by atoms with Crippen LogP contribution in [0.2, 0.25) is 0 Å². The van der Waals surface area contributed by atoms with E-state index < -0.39 is 6.29 Å². The SMILES string of the molecule is CC1(C)OC(c2cnc3[nH]cc(C#N)c3c2)OC1(C)C. The number of fused-ring (bicyclic) bond motifs is 1. The third kappa shape index (κ3) is 1.80. The summed E-state index contributed by atoms with van der Waals surface area (Å²) in [4.78, 5) is 7.30. The Kier molecular flexibility index (Phi) is 2.65. The van der Waals surface area contributed by atoms with Crippen molar-refractivity contribution in [1.82, 2.24) is 9.97 Å². The van der Waals surface area contributed by atoms with Crippen molar-refractivity contribution in [3.05, 3.63) is 29.6 Å². The van der Waals surface area contributed by atoms with E-state index in [1.807, 2.05) is 33.8 Å². The van der Waals surface area contributed by atoms with Gasteiger partial charge in [-0.15, -0.1) is 0 Å². The van der Waals surface area contributed by atoms with Gasteiger partial charge in [0.05, 0.1) is 16.8 Å². The quantitative estimate of drug-likeness (QED) is 0.865. The number of H-pyrrole nitrogens is 1. The molecule has 1 aliphatic rings. The minimum atomic E-state index is -0.460. The van der Waals surface area contributed by atoms with E-state index in [0.717, 1.165) is 10.9 Å². The fraction of sp³-hybridized carbons (Fsp3) is 0.467. The molecule has 0 amide bonds. The van der Waals surface area contributed by atoms with Crippen LogP contribution >= 0.6 is 0 Å². The number of nitriles is 1. The summed E-state index contributed by atoms with van der Waals surface area (Å²) in [5, 5.41) is 9.88. The second-order valence-corrected chi connectivity index (χ2v) is 6.07. The first kappa shape index (κ1) is 13.1. The Hall–Kier alpha value is -1.90. The Labute approximate surface area is 117 Å². The molecular formula is C15H17N3O2. The van der Waals surface area contributed by atoms with E-state index in [0.29, 0.717) is 11.2 Å². The predicted molar refractivity (Wildman–Crippen MR) is 73.9 cm³/mol. The Morgan fingerprint density at radius 3 is 2.50 bits per heavy atom. The lowest BCUT2D eigenvalue weighted by molar-refractivity contribution is -0.0896. The molecule has 1 saturated heterocycles. The summed E-state index contributed by atoms with van der Waals surface area (Å²) >= 11 is 0. The summed E-state index contributed by atoms with van der Waals surface area (Å²) in [5.74, 6) is 0. The molecular weight excluding hydrogens is 254 g/mol. The topological polar surface area (TPSA) is 70.9 Å². The summed E-state index contributed by atoms with van der Waals surface area (Å²) in [5.41, 5.74) is 1.32. The number of aromatic amines is 1. The average Bonchev–Trinajstić information content (AvgIpc) is 2.87. The van der Waals surface area contributed by atoms with Crippen LogP contribution in [0.5, 0.6) is 0 Å². The molecule has 0 aromatic carbocycles. The molecule has 2 aromatic heterocycles. The van der Waals surface area contributed by atoms with Gasteiger partial charge in [-0.05, 0) is 33.8 Å². The smallest absolute Gasteiger partial charge is 0.186 e. The minimum absolute atomic E-state index is 0.386. The molecule has 1 fully saturated rings. The van der Waals surface area contributed by atoms with Crippen molar-refractivity contribution in [2.24, 2.45) is 0 Å². The lowest BCUT2D eigenvalue weighted by Gasteiger charge is -2.30. The van der Waals surface area contributed by atoms with Crippen molar-refractivity contribution >= 4 is 11.0 Å². The number of nitrogens with one attached hydrogen (secondary N) is 1. The van der Waals surface area contributed by atoms with Crippen LogP contribution in [0.15, 0.2) is 18.5 Å². The van der Waals surface area contributed by atoms with Crippen LogP contribution in [0.1, 0.15) is 45.1 Å². The lowest BCUT2D eigenvalue weighted by Crippen LogP contribution is -2.41. The van der Waals surface area contributed by atoms with Gasteiger partial charge in [-0.1, -0.05) is 0 Å². The second-order valence-electron chi connectivity index (χ2n) is 6.07. The summed E-state index contributed by atoms with van der Waals surface area (Å²) in [6.07, 6.45) is 2.92. The van der Waals surface area contributed by atoms with Crippen LogP contribution in [-0.2, 0) is 9.47 Å². The van der Waals surface area contributed by atoms with Crippen LogP contribution in [0.4, 0.5) is 0 Å². The van der Waals surface area contributed by atoms with E-state index in [-0.39, 0.29) is 11.2 Å². The van der Waals surface area contributed by atoms with Crippen LogP contribution in [0.25, 0.3) is 11.0 Å². The molecule has 20 heavy (non-hydrogen) atoms. The van der Waals surface area contributed by atoms with Gasteiger partial charge in [-0.3, -0.25) is 0 Å². The molecule has 0 spiro atoms. The van der Waals surface area contributed by atoms with Gasteiger partial charge >= 0.3 is 0 Å². The summed E-state index contributed by atoms with van der Waals surface area (Å²) < 4.78 is 12.0. The number of rotatable bonds is 1. The molecule has 3 heterocycles. The molecule has 0 radical (unpaired) electrons. The molecule has 104 valence electrons. The Morgan fingerprint density at radius 1 is 1.25 bits per heavy atom. The first-order valence-electron chi connectivity index (χ1n) is 6.57. The summed E-state index contributed by atoms with van der Waals surface area (Å²) in [6, 6.07) is 4.05. The van der Waals surface area contributed by atoms with Crippen molar-refractivity contribution in [2.75, 3.05) is 0 Å². The molecule has 0 bridgehead atoms. The van der Waals surface area contributed by atoms with Crippen molar-refractivity contribution < 1.29 is 9.47 Å². The monoisotopic (exact) mass is 271 g/mol. The zero-order chi connectivity index (χ0) is 14.5. The predicted octanol–water partition coefficient (Wildman–Crippen LogP) is 3.04. The highest BCUT2D eigenvalue weighted by atomic mass is 16.7. The van der Waals surface area contributed by atoms with Gasteiger partial charge in [0.1, 0.15) is 11.7 Å². The van der Waals surface area contributed by atoms with Crippen LogP contribution in [0.3, 0.4) is 0 Å². The maximum atomic E-state index is 9.09. The van der Waals surface area contributed by atoms with Crippen molar-refractivity contribution in [1.29, 1.82) is 5.26 Å². The fourth-order valence-corrected chi connectivity index (χ4v) is 2.22. The van der Waals surface area contributed by atoms with E-state index in [1.54, 1.807) is 12.4 Å². The van der Waals surface area contributed by atoms with E-state index in [1.165, 1.54) is 0 Å². The van der Waals surface area contributed by atoms with Gasteiger partial charge in [-0.2, -0.15) is 5.26 Å². The highest BCUT2D eigenvalue weighted by molar-refractivity contribution is 5.82. The Morgan fingerprint density at radius 2 is 1.90 bits per heavy atom. The zero-order valence-electron chi connectivity index (χ0n) is 12.0. The van der Waals surface area contributed by atoms with Crippen LogP contribution in [0, 0.1) is 11.3 Å². The van der Waals surface area contributed by atoms with Crippen molar-refractivity contribution in [3.63, 3.8) is 0 Å². The van der Waals surface area contributed by atoms with Gasteiger partial charge in [0, 0.05) is 23.3 Å². The molecule has 1 aliphatic heterocycles. The highest BCUT2D eigenvalue weighted by Crippen LogP contribution is 2.44. The first-order chi connectivity index (χ1) is 9.34. The normalized spacial score (nSPS) is 21.1. The number of hydrogen-bond donors (Lipinski definition) is 1.